The number of halogens is 1. The third-order valence-electron chi connectivity index (χ3n) is 4.20. The summed E-state index contributed by atoms with van der Waals surface area (Å²) >= 11 is 3.52. The lowest BCUT2D eigenvalue weighted by Crippen LogP contribution is -2.33. The van der Waals surface area contributed by atoms with E-state index >= 15 is 0 Å². The maximum Gasteiger partial charge on any atom is 0.0208 e. The molecule has 100 valence electrons. The van der Waals surface area contributed by atoms with E-state index in [4.69, 9.17) is 0 Å². The van der Waals surface area contributed by atoms with Crippen LogP contribution in [0.5, 0.6) is 0 Å². The van der Waals surface area contributed by atoms with Crippen LogP contribution in [-0.2, 0) is 6.54 Å². The molecule has 1 aliphatic carbocycles. The number of nitrogens with one attached hydrogen (secondary N) is 1. The van der Waals surface area contributed by atoms with Crippen LogP contribution in [0, 0.1) is 11.8 Å². The first kappa shape index (κ1) is 14.1. The second kappa shape index (κ2) is 6.72. The molecule has 0 saturated heterocycles. The molecule has 1 fully saturated rings. The molecule has 0 aromatic heterocycles. The Bertz CT molecular complexity index is 367. The smallest absolute Gasteiger partial charge is 0.0208 e. The highest BCUT2D eigenvalue weighted by Gasteiger charge is 2.22. The van der Waals surface area contributed by atoms with Crippen LogP contribution < -0.4 is 5.32 Å². The standard InChI is InChI=1S/C16H24BrN/c1-12(2)14-6-8-16(9-7-14)18-11-13-4-3-5-15(17)10-13/h3-5,10,12,14,16,18H,6-9,11H2,1-2H3. The Balaban J connectivity index is 1.75. The number of rotatable bonds is 4. The van der Waals surface area contributed by atoms with Gasteiger partial charge >= 0.3 is 0 Å². The lowest BCUT2D eigenvalue weighted by molar-refractivity contribution is 0.238. The van der Waals surface area contributed by atoms with Crippen molar-refractivity contribution in [3.05, 3.63) is 34.3 Å². The fraction of sp³-hybridized carbons (Fsp3) is 0.625. The molecular formula is C16H24BrN. The van der Waals surface area contributed by atoms with Gasteiger partial charge < -0.3 is 5.32 Å². The zero-order chi connectivity index (χ0) is 13.0. The zero-order valence-corrected chi connectivity index (χ0v) is 13.0. The normalized spacial score (nSPS) is 24.4. The summed E-state index contributed by atoms with van der Waals surface area (Å²) in [4.78, 5) is 0. The van der Waals surface area contributed by atoms with Crippen molar-refractivity contribution in [1.29, 1.82) is 0 Å². The van der Waals surface area contributed by atoms with Crippen molar-refractivity contribution in [2.75, 3.05) is 0 Å². The summed E-state index contributed by atoms with van der Waals surface area (Å²) in [6.07, 6.45) is 5.48. The molecule has 1 saturated carbocycles. The predicted molar refractivity (Wildman–Crippen MR) is 81.6 cm³/mol. The molecule has 0 aliphatic heterocycles. The largest absolute Gasteiger partial charge is 0.310 e. The van der Waals surface area contributed by atoms with Crippen LogP contribution in [-0.4, -0.2) is 6.04 Å². The quantitative estimate of drug-likeness (QED) is 0.846. The summed E-state index contributed by atoms with van der Waals surface area (Å²) in [5.41, 5.74) is 1.37. The molecule has 1 aromatic rings. The van der Waals surface area contributed by atoms with Crippen molar-refractivity contribution in [2.24, 2.45) is 11.8 Å². The van der Waals surface area contributed by atoms with Gasteiger partial charge in [0.25, 0.3) is 0 Å². The Morgan fingerprint density at radius 3 is 2.56 bits per heavy atom. The van der Waals surface area contributed by atoms with Crippen LogP contribution in [0.3, 0.4) is 0 Å². The van der Waals surface area contributed by atoms with E-state index in [0.717, 1.165) is 24.4 Å². The number of benzene rings is 1. The third-order valence-corrected chi connectivity index (χ3v) is 4.69. The van der Waals surface area contributed by atoms with Gasteiger partial charge in [-0.1, -0.05) is 41.9 Å². The van der Waals surface area contributed by atoms with Crippen molar-refractivity contribution in [3.63, 3.8) is 0 Å². The lowest BCUT2D eigenvalue weighted by Gasteiger charge is -2.31. The average Bonchev–Trinajstić information content (AvgIpc) is 2.37. The van der Waals surface area contributed by atoms with E-state index in [1.807, 2.05) is 0 Å². The highest BCUT2D eigenvalue weighted by atomic mass is 79.9. The molecule has 18 heavy (non-hydrogen) atoms. The predicted octanol–water partition coefficient (Wildman–Crippen LogP) is 4.75. The number of hydrogen-bond donors (Lipinski definition) is 1. The summed E-state index contributed by atoms with van der Waals surface area (Å²) in [6.45, 7) is 5.72. The van der Waals surface area contributed by atoms with E-state index in [1.165, 1.54) is 35.7 Å². The molecule has 1 aliphatic rings. The van der Waals surface area contributed by atoms with Crippen molar-refractivity contribution in [3.8, 4) is 0 Å². The van der Waals surface area contributed by atoms with E-state index in [1.54, 1.807) is 0 Å². The maximum absolute atomic E-state index is 3.70. The van der Waals surface area contributed by atoms with Gasteiger partial charge in [0.1, 0.15) is 0 Å². The molecule has 0 heterocycles. The van der Waals surface area contributed by atoms with E-state index in [2.05, 4.69) is 59.4 Å². The zero-order valence-electron chi connectivity index (χ0n) is 11.5. The molecule has 0 bridgehead atoms. The molecule has 0 atom stereocenters. The van der Waals surface area contributed by atoms with Crippen LogP contribution in [0.15, 0.2) is 28.7 Å². The fourth-order valence-electron chi connectivity index (χ4n) is 2.90. The van der Waals surface area contributed by atoms with Crippen LogP contribution in [0.2, 0.25) is 0 Å². The number of hydrogen-bond acceptors (Lipinski definition) is 1. The minimum Gasteiger partial charge on any atom is -0.310 e. The van der Waals surface area contributed by atoms with Crippen molar-refractivity contribution < 1.29 is 0 Å². The van der Waals surface area contributed by atoms with Gasteiger partial charge in [-0.15, -0.1) is 0 Å². The van der Waals surface area contributed by atoms with Crippen LogP contribution in [0.25, 0.3) is 0 Å². The molecule has 0 radical (unpaired) electrons. The Hall–Kier alpha value is -0.340. The van der Waals surface area contributed by atoms with Gasteiger partial charge in [-0.25, -0.2) is 0 Å². The minimum absolute atomic E-state index is 0.721. The molecule has 1 N–H and O–H groups in total. The van der Waals surface area contributed by atoms with Crippen LogP contribution in [0.1, 0.15) is 45.1 Å². The topological polar surface area (TPSA) is 12.0 Å². The Morgan fingerprint density at radius 2 is 1.94 bits per heavy atom. The van der Waals surface area contributed by atoms with Gasteiger partial charge in [0.15, 0.2) is 0 Å². The van der Waals surface area contributed by atoms with Crippen molar-refractivity contribution in [2.45, 2.75) is 52.1 Å². The summed E-state index contributed by atoms with van der Waals surface area (Å²) in [7, 11) is 0. The molecule has 0 unspecified atom stereocenters. The van der Waals surface area contributed by atoms with E-state index in [-0.39, 0.29) is 0 Å². The van der Waals surface area contributed by atoms with Gasteiger partial charge in [-0.3, -0.25) is 0 Å². The van der Waals surface area contributed by atoms with Crippen LogP contribution >= 0.6 is 15.9 Å². The molecule has 0 amide bonds. The van der Waals surface area contributed by atoms with Gasteiger partial charge in [0.05, 0.1) is 0 Å². The molecular weight excluding hydrogens is 286 g/mol. The average molecular weight is 310 g/mol. The second-order valence-electron chi connectivity index (χ2n) is 5.87. The third kappa shape index (κ3) is 4.10. The monoisotopic (exact) mass is 309 g/mol. The van der Waals surface area contributed by atoms with Crippen LogP contribution in [0.4, 0.5) is 0 Å². The highest BCUT2D eigenvalue weighted by Crippen LogP contribution is 2.29. The second-order valence-corrected chi connectivity index (χ2v) is 6.78. The molecule has 2 heteroatoms. The Labute approximate surface area is 119 Å². The fourth-order valence-corrected chi connectivity index (χ4v) is 3.35. The Morgan fingerprint density at radius 1 is 1.22 bits per heavy atom. The van der Waals surface area contributed by atoms with Gasteiger partial charge in [-0.2, -0.15) is 0 Å². The van der Waals surface area contributed by atoms with Crippen molar-refractivity contribution in [1.82, 2.24) is 5.32 Å². The van der Waals surface area contributed by atoms with Gasteiger partial charge in [-0.05, 0) is 55.2 Å². The first-order valence-electron chi connectivity index (χ1n) is 7.13. The van der Waals surface area contributed by atoms with E-state index in [9.17, 15) is 0 Å². The van der Waals surface area contributed by atoms with Gasteiger partial charge in [0.2, 0.25) is 0 Å². The highest BCUT2D eigenvalue weighted by molar-refractivity contribution is 9.10. The molecule has 1 aromatic carbocycles. The molecule has 1 nitrogen and oxygen atoms in total. The summed E-state index contributed by atoms with van der Waals surface area (Å²) in [5, 5.41) is 3.70. The van der Waals surface area contributed by atoms with Gasteiger partial charge in [0, 0.05) is 17.1 Å². The Kier molecular flexibility index (Phi) is 5.25. The first-order chi connectivity index (χ1) is 8.65. The summed E-state index contributed by atoms with van der Waals surface area (Å²) in [5.74, 6) is 1.81. The molecule has 0 spiro atoms. The maximum atomic E-state index is 3.70. The summed E-state index contributed by atoms with van der Waals surface area (Å²) in [6, 6.07) is 9.30. The lowest BCUT2D eigenvalue weighted by atomic mass is 9.80. The SMILES string of the molecule is CC(C)C1CCC(NCc2cccc(Br)c2)CC1. The minimum atomic E-state index is 0.721. The van der Waals surface area contributed by atoms with E-state index in [0.29, 0.717) is 0 Å². The molecule has 2 rings (SSSR count). The van der Waals surface area contributed by atoms with Crippen molar-refractivity contribution >= 4 is 15.9 Å². The first-order valence-corrected chi connectivity index (χ1v) is 7.92. The van der Waals surface area contributed by atoms with E-state index < -0.39 is 0 Å². The summed E-state index contributed by atoms with van der Waals surface area (Å²) < 4.78 is 1.17.